The molecular formula is C15H15NO3. The third kappa shape index (κ3) is 2.52. The van der Waals surface area contributed by atoms with Crippen LogP contribution in [0.5, 0.6) is 5.75 Å². The first kappa shape index (κ1) is 13.0. The van der Waals surface area contributed by atoms with Crippen LogP contribution in [-0.2, 0) is 0 Å². The van der Waals surface area contributed by atoms with Crippen LogP contribution < -0.4 is 10.5 Å². The second-order valence-corrected chi connectivity index (χ2v) is 4.31. The van der Waals surface area contributed by atoms with Gasteiger partial charge in [0.1, 0.15) is 5.75 Å². The van der Waals surface area contributed by atoms with Gasteiger partial charge in [0, 0.05) is 11.3 Å². The maximum Gasteiger partial charge on any atom is 0.337 e. The van der Waals surface area contributed by atoms with E-state index in [9.17, 15) is 4.79 Å². The van der Waals surface area contributed by atoms with Gasteiger partial charge < -0.3 is 15.6 Å². The van der Waals surface area contributed by atoms with Gasteiger partial charge in [-0.2, -0.15) is 0 Å². The van der Waals surface area contributed by atoms with Crippen LogP contribution in [0.25, 0.3) is 11.1 Å². The molecule has 19 heavy (non-hydrogen) atoms. The number of methoxy groups -OCH3 is 1. The molecule has 0 fully saturated rings. The van der Waals surface area contributed by atoms with Crippen molar-refractivity contribution in [1.82, 2.24) is 0 Å². The molecule has 0 unspecified atom stereocenters. The maximum atomic E-state index is 10.9. The molecule has 2 aromatic carbocycles. The summed E-state index contributed by atoms with van der Waals surface area (Å²) in [6.07, 6.45) is 0. The van der Waals surface area contributed by atoms with Crippen LogP contribution in [0.1, 0.15) is 15.9 Å². The lowest BCUT2D eigenvalue weighted by atomic mass is 10.00. The minimum atomic E-state index is -1.03. The molecule has 0 saturated carbocycles. The molecule has 0 bridgehead atoms. The Labute approximate surface area is 111 Å². The van der Waals surface area contributed by atoms with Gasteiger partial charge in [0.25, 0.3) is 0 Å². The number of hydrogen-bond donors (Lipinski definition) is 2. The summed E-state index contributed by atoms with van der Waals surface area (Å²) in [6.45, 7) is 1.98. The quantitative estimate of drug-likeness (QED) is 0.829. The normalized spacial score (nSPS) is 10.2. The second kappa shape index (κ2) is 5.02. The zero-order valence-corrected chi connectivity index (χ0v) is 10.8. The van der Waals surface area contributed by atoms with Crippen molar-refractivity contribution in [3.8, 4) is 16.9 Å². The van der Waals surface area contributed by atoms with Crippen LogP contribution in [0.15, 0.2) is 36.4 Å². The van der Waals surface area contributed by atoms with Crippen molar-refractivity contribution in [2.75, 3.05) is 12.8 Å². The number of benzene rings is 2. The van der Waals surface area contributed by atoms with Crippen molar-refractivity contribution < 1.29 is 14.6 Å². The van der Waals surface area contributed by atoms with Gasteiger partial charge in [-0.3, -0.25) is 0 Å². The molecule has 0 aliphatic carbocycles. The van der Waals surface area contributed by atoms with Crippen molar-refractivity contribution in [2.24, 2.45) is 0 Å². The lowest BCUT2D eigenvalue weighted by Crippen LogP contribution is -2.02. The highest BCUT2D eigenvalue weighted by molar-refractivity contribution is 5.95. The van der Waals surface area contributed by atoms with Gasteiger partial charge in [0.15, 0.2) is 0 Å². The lowest BCUT2D eigenvalue weighted by molar-refractivity contribution is 0.0698. The van der Waals surface area contributed by atoms with E-state index in [4.69, 9.17) is 15.6 Å². The Morgan fingerprint density at radius 2 is 1.95 bits per heavy atom. The molecular weight excluding hydrogens is 242 g/mol. The smallest absolute Gasteiger partial charge is 0.337 e. The lowest BCUT2D eigenvalue weighted by Gasteiger charge is -2.11. The van der Waals surface area contributed by atoms with E-state index in [-0.39, 0.29) is 11.3 Å². The molecule has 0 aromatic heterocycles. The Morgan fingerprint density at radius 3 is 2.53 bits per heavy atom. The van der Waals surface area contributed by atoms with Crippen LogP contribution in [0.2, 0.25) is 0 Å². The molecule has 0 radical (unpaired) electrons. The van der Waals surface area contributed by atoms with E-state index in [1.165, 1.54) is 6.07 Å². The summed E-state index contributed by atoms with van der Waals surface area (Å²) in [5.74, 6) is -0.298. The molecule has 4 nitrogen and oxygen atoms in total. The summed E-state index contributed by atoms with van der Waals surface area (Å²) in [6, 6.07) is 10.7. The number of anilines is 1. The SMILES string of the molecule is COc1ccc(C)cc1-c1ccc(C(=O)O)c(N)c1. The first-order valence-electron chi connectivity index (χ1n) is 5.80. The number of aryl methyl sites for hydroxylation is 1. The molecule has 0 saturated heterocycles. The number of carbonyl (C=O) groups is 1. The Morgan fingerprint density at radius 1 is 1.21 bits per heavy atom. The molecule has 2 rings (SSSR count). The predicted molar refractivity (Wildman–Crippen MR) is 74.5 cm³/mol. The first-order chi connectivity index (χ1) is 9.02. The van der Waals surface area contributed by atoms with Gasteiger partial charge in [0.05, 0.1) is 12.7 Å². The fourth-order valence-corrected chi connectivity index (χ4v) is 1.97. The average molecular weight is 257 g/mol. The van der Waals surface area contributed by atoms with Crippen molar-refractivity contribution in [1.29, 1.82) is 0 Å². The first-order valence-corrected chi connectivity index (χ1v) is 5.80. The summed E-state index contributed by atoms with van der Waals surface area (Å²) < 4.78 is 5.32. The summed E-state index contributed by atoms with van der Waals surface area (Å²) in [5.41, 5.74) is 8.94. The third-order valence-corrected chi connectivity index (χ3v) is 2.95. The Bertz CT molecular complexity index is 635. The standard InChI is InChI=1S/C15H15NO3/c1-9-3-6-14(19-2)12(7-9)10-4-5-11(15(17)18)13(16)8-10/h3-8H,16H2,1-2H3,(H,17,18). The van der Waals surface area contributed by atoms with Crippen molar-refractivity contribution in [2.45, 2.75) is 6.92 Å². The van der Waals surface area contributed by atoms with E-state index in [0.29, 0.717) is 0 Å². The van der Waals surface area contributed by atoms with E-state index in [2.05, 4.69) is 0 Å². The number of nitrogens with two attached hydrogens (primary N) is 1. The van der Waals surface area contributed by atoms with E-state index >= 15 is 0 Å². The molecule has 0 aliphatic heterocycles. The number of carboxylic acids is 1. The Balaban J connectivity index is 2.56. The topological polar surface area (TPSA) is 72.5 Å². The highest BCUT2D eigenvalue weighted by atomic mass is 16.5. The average Bonchev–Trinajstić information content (AvgIpc) is 2.38. The highest BCUT2D eigenvalue weighted by Gasteiger charge is 2.11. The minimum Gasteiger partial charge on any atom is -0.496 e. The van der Waals surface area contributed by atoms with Crippen molar-refractivity contribution in [3.05, 3.63) is 47.5 Å². The van der Waals surface area contributed by atoms with Gasteiger partial charge in [-0.25, -0.2) is 4.79 Å². The second-order valence-electron chi connectivity index (χ2n) is 4.31. The van der Waals surface area contributed by atoms with Crippen molar-refractivity contribution >= 4 is 11.7 Å². The number of carboxylic acid groups (broad SMARTS) is 1. The van der Waals surface area contributed by atoms with Crippen LogP contribution in [-0.4, -0.2) is 18.2 Å². The summed E-state index contributed by atoms with van der Waals surface area (Å²) in [7, 11) is 1.60. The molecule has 98 valence electrons. The minimum absolute atomic E-state index is 0.107. The van der Waals surface area contributed by atoms with Crippen LogP contribution >= 0.6 is 0 Å². The Kier molecular flexibility index (Phi) is 3.42. The summed E-state index contributed by atoms with van der Waals surface area (Å²) in [5, 5.41) is 8.97. The number of ether oxygens (including phenoxy) is 1. The van der Waals surface area contributed by atoms with E-state index in [1.54, 1.807) is 19.2 Å². The van der Waals surface area contributed by atoms with Gasteiger partial charge in [-0.05, 0) is 36.8 Å². The zero-order chi connectivity index (χ0) is 14.0. The third-order valence-electron chi connectivity index (χ3n) is 2.95. The molecule has 0 heterocycles. The molecule has 0 aliphatic rings. The molecule has 4 heteroatoms. The molecule has 0 spiro atoms. The fourth-order valence-electron chi connectivity index (χ4n) is 1.97. The maximum absolute atomic E-state index is 10.9. The van der Waals surface area contributed by atoms with Crippen molar-refractivity contribution in [3.63, 3.8) is 0 Å². The van der Waals surface area contributed by atoms with Crippen LogP contribution in [0, 0.1) is 6.92 Å². The number of aromatic carboxylic acids is 1. The number of hydrogen-bond acceptors (Lipinski definition) is 3. The van der Waals surface area contributed by atoms with Gasteiger partial charge in [0.2, 0.25) is 0 Å². The molecule has 0 atom stereocenters. The molecule has 0 amide bonds. The predicted octanol–water partition coefficient (Wildman–Crippen LogP) is 2.95. The fraction of sp³-hybridized carbons (Fsp3) is 0.133. The molecule has 3 N–H and O–H groups in total. The summed E-state index contributed by atoms with van der Waals surface area (Å²) >= 11 is 0. The number of nitrogen functional groups attached to an aromatic ring is 1. The van der Waals surface area contributed by atoms with Gasteiger partial charge in [-0.1, -0.05) is 17.7 Å². The van der Waals surface area contributed by atoms with Crippen LogP contribution in [0.4, 0.5) is 5.69 Å². The zero-order valence-electron chi connectivity index (χ0n) is 10.8. The van der Waals surface area contributed by atoms with E-state index < -0.39 is 5.97 Å². The summed E-state index contributed by atoms with van der Waals surface area (Å²) in [4.78, 5) is 10.9. The van der Waals surface area contributed by atoms with Gasteiger partial charge >= 0.3 is 5.97 Å². The van der Waals surface area contributed by atoms with Crippen LogP contribution in [0.3, 0.4) is 0 Å². The Hall–Kier alpha value is -2.49. The van der Waals surface area contributed by atoms with E-state index in [0.717, 1.165) is 22.4 Å². The molecule has 2 aromatic rings. The highest BCUT2D eigenvalue weighted by Crippen LogP contribution is 2.32. The number of rotatable bonds is 3. The van der Waals surface area contributed by atoms with Gasteiger partial charge in [-0.15, -0.1) is 0 Å². The van der Waals surface area contributed by atoms with E-state index in [1.807, 2.05) is 25.1 Å². The largest absolute Gasteiger partial charge is 0.496 e. The monoisotopic (exact) mass is 257 g/mol.